The summed E-state index contributed by atoms with van der Waals surface area (Å²) < 4.78 is 26.9. The molecule has 0 spiro atoms. The van der Waals surface area contributed by atoms with Gasteiger partial charge in [-0.1, -0.05) is 34.1 Å². The Morgan fingerprint density at radius 2 is 1.89 bits per heavy atom. The maximum atomic E-state index is 13.4. The number of hydrogen-bond donors (Lipinski definition) is 1. The van der Waals surface area contributed by atoms with Crippen LogP contribution in [0.1, 0.15) is 5.56 Å². The lowest BCUT2D eigenvalue weighted by molar-refractivity contribution is -0.115. The number of benzene rings is 2. The van der Waals surface area contributed by atoms with Crippen molar-refractivity contribution in [2.75, 3.05) is 5.32 Å². The number of halogens is 3. The van der Waals surface area contributed by atoms with Crippen molar-refractivity contribution in [2.24, 2.45) is 0 Å². The third kappa shape index (κ3) is 3.61. The van der Waals surface area contributed by atoms with Gasteiger partial charge in [-0.05, 0) is 23.8 Å². The molecular weight excluding hydrogens is 316 g/mol. The number of carbonyl (C=O) groups excluding carboxylic acids is 1. The van der Waals surface area contributed by atoms with Crippen molar-refractivity contribution >= 4 is 27.5 Å². The topological polar surface area (TPSA) is 29.1 Å². The zero-order valence-electron chi connectivity index (χ0n) is 9.79. The molecule has 1 amide bonds. The molecule has 0 saturated carbocycles. The van der Waals surface area contributed by atoms with Gasteiger partial charge in [0.05, 0.1) is 12.1 Å². The van der Waals surface area contributed by atoms with E-state index in [4.69, 9.17) is 0 Å². The van der Waals surface area contributed by atoms with Gasteiger partial charge in [-0.2, -0.15) is 0 Å². The smallest absolute Gasteiger partial charge is 0.228 e. The molecule has 0 aliphatic heterocycles. The van der Waals surface area contributed by atoms with E-state index in [1.165, 1.54) is 6.07 Å². The number of amides is 1. The Kier molecular flexibility index (Phi) is 4.27. The standard InChI is InChI=1S/C14H10BrF2NO/c15-11-4-2-1-3-9(11)7-14(19)18-13-6-5-10(16)8-12(13)17/h1-6,8H,7H2,(H,18,19). The molecule has 98 valence electrons. The van der Waals surface area contributed by atoms with Crippen molar-refractivity contribution in [3.63, 3.8) is 0 Å². The molecule has 0 aliphatic carbocycles. The molecule has 0 unspecified atom stereocenters. The molecule has 0 saturated heterocycles. The molecule has 2 aromatic rings. The second-order valence-electron chi connectivity index (χ2n) is 3.94. The van der Waals surface area contributed by atoms with E-state index in [0.29, 0.717) is 0 Å². The van der Waals surface area contributed by atoms with Gasteiger partial charge in [-0.25, -0.2) is 8.78 Å². The monoisotopic (exact) mass is 325 g/mol. The van der Waals surface area contributed by atoms with Crippen molar-refractivity contribution < 1.29 is 13.6 Å². The summed E-state index contributed by atoms with van der Waals surface area (Å²) >= 11 is 3.33. The number of carbonyl (C=O) groups is 1. The largest absolute Gasteiger partial charge is 0.323 e. The van der Waals surface area contributed by atoms with Crippen LogP contribution in [0.15, 0.2) is 46.9 Å². The average molecular weight is 326 g/mol. The zero-order valence-corrected chi connectivity index (χ0v) is 11.4. The van der Waals surface area contributed by atoms with Crippen LogP contribution in [0.4, 0.5) is 14.5 Å². The third-order valence-electron chi connectivity index (χ3n) is 2.51. The second-order valence-corrected chi connectivity index (χ2v) is 4.79. The Morgan fingerprint density at radius 1 is 1.16 bits per heavy atom. The van der Waals surface area contributed by atoms with Crippen molar-refractivity contribution in [1.82, 2.24) is 0 Å². The van der Waals surface area contributed by atoms with E-state index in [2.05, 4.69) is 21.2 Å². The van der Waals surface area contributed by atoms with E-state index in [9.17, 15) is 13.6 Å². The summed E-state index contributed by atoms with van der Waals surface area (Å²) in [5, 5.41) is 2.41. The normalized spacial score (nSPS) is 10.3. The number of nitrogens with one attached hydrogen (secondary N) is 1. The van der Waals surface area contributed by atoms with E-state index in [1.54, 1.807) is 6.07 Å². The molecule has 0 fully saturated rings. The molecule has 0 radical (unpaired) electrons. The van der Waals surface area contributed by atoms with Gasteiger partial charge in [0.2, 0.25) is 5.91 Å². The molecule has 5 heteroatoms. The van der Waals surface area contributed by atoms with Crippen molar-refractivity contribution in [1.29, 1.82) is 0 Å². The Balaban J connectivity index is 2.08. The maximum absolute atomic E-state index is 13.4. The fourth-order valence-corrected chi connectivity index (χ4v) is 2.02. The quantitative estimate of drug-likeness (QED) is 0.910. The van der Waals surface area contributed by atoms with Gasteiger partial charge < -0.3 is 5.32 Å². The Morgan fingerprint density at radius 3 is 2.58 bits per heavy atom. The minimum Gasteiger partial charge on any atom is -0.323 e. The second kappa shape index (κ2) is 5.93. The van der Waals surface area contributed by atoms with Crippen LogP contribution in [0.3, 0.4) is 0 Å². The van der Waals surface area contributed by atoms with E-state index >= 15 is 0 Å². The van der Waals surface area contributed by atoms with E-state index in [0.717, 1.165) is 22.2 Å². The molecule has 19 heavy (non-hydrogen) atoms. The summed E-state index contributed by atoms with van der Waals surface area (Å²) in [5.41, 5.74) is 0.765. The molecule has 0 bridgehead atoms. The van der Waals surface area contributed by atoms with Gasteiger partial charge >= 0.3 is 0 Å². The fraction of sp³-hybridized carbons (Fsp3) is 0.0714. The molecular formula is C14H10BrF2NO. The van der Waals surface area contributed by atoms with Crippen LogP contribution in [0.5, 0.6) is 0 Å². The third-order valence-corrected chi connectivity index (χ3v) is 3.29. The van der Waals surface area contributed by atoms with E-state index < -0.39 is 11.6 Å². The minimum atomic E-state index is -0.791. The van der Waals surface area contributed by atoms with E-state index in [1.807, 2.05) is 18.2 Å². The van der Waals surface area contributed by atoms with E-state index in [-0.39, 0.29) is 18.0 Å². The summed E-state index contributed by atoms with van der Waals surface area (Å²) in [6.45, 7) is 0. The first kappa shape index (κ1) is 13.7. The molecule has 0 heterocycles. The van der Waals surface area contributed by atoms with Gasteiger partial charge in [0.25, 0.3) is 0 Å². The summed E-state index contributed by atoms with van der Waals surface area (Å²) in [7, 11) is 0. The van der Waals surface area contributed by atoms with Crippen molar-refractivity contribution in [2.45, 2.75) is 6.42 Å². The Hall–Kier alpha value is -1.75. The highest BCUT2D eigenvalue weighted by atomic mass is 79.9. The Labute approximate surface area is 117 Å². The first-order valence-electron chi connectivity index (χ1n) is 5.54. The Bertz CT molecular complexity index is 616. The van der Waals surface area contributed by atoms with Crippen LogP contribution < -0.4 is 5.32 Å². The lowest BCUT2D eigenvalue weighted by Gasteiger charge is -2.07. The summed E-state index contributed by atoms with van der Waals surface area (Å²) in [6.07, 6.45) is 0.109. The maximum Gasteiger partial charge on any atom is 0.228 e. The lowest BCUT2D eigenvalue weighted by Crippen LogP contribution is -2.15. The molecule has 2 aromatic carbocycles. The number of anilines is 1. The molecule has 0 atom stereocenters. The fourth-order valence-electron chi connectivity index (χ4n) is 1.60. The van der Waals surface area contributed by atoms with Crippen molar-refractivity contribution in [3.8, 4) is 0 Å². The lowest BCUT2D eigenvalue weighted by atomic mass is 10.1. The molecule has 1 N–H and O–H groups in total. The highest BCUT2D eigenvalue weighted by Gasteiger charge is 2.10. The molecule has 2 nitrogen and oxygen atoms in total. The summed E-state index contributed by atoms with van der Waals surface area (Å²) in [6, 6.07) is 10.3. The van der Waals surface area contributed by atoms with Gasteiger partial charge in [-0.15, -0.1) is 0 Å². The van der Waals surface area contributed by atoms with Crippen molar-refractivity contribution in [3.05, 3.63) is 64.1 Å². The summed E-state index contributed by atoms with van der Waals surface area (Å²) in [5.74, 6) is -1.83. The van der Waals surface area contributed by atoms with Crippen LogP contribution in [-0.4, -0.2) is 5.91 Å². The number of rotatable bonds is 3. The molecule has 0 aliphatic rings. The first-order valence-corrected chi connectivity index (χ1v) is 6.34. The molecule has 2 rings (SSSR count). The van der Waals surface area contributed by atoms with Crippen LogP contribution in [0.25, 0.3) is 0 Å². The summed E-state index contributed by atoms with van der Waals surface area (Å²) in [4.78, 5) is 11.8. The highest BCUT2D eigenvalue weighted by Crippen LogP contribution is 2.18. The van der Waals surface area contributed by atoms with Crippen LogP contribution in [0, 0.1) is 11.6 Å². The number of hydrogen-bond acceptors (Lipinski definition) is 1. The minimum absolute atomic E-state index is 0.0292. The van der Waals surface area contributed by atoms with Crippen LogP contribution >= 0.6 is 15.9 Å². The average Bonchev–Trinajstić information content (AvgIpc) is 2.36. The SMILES string of the molecule is O=C(Cc1ccccc1Br)Nc1ccc(F)cc1F. The zero-order chi connectivity index (χ0) is 13.8. The molecule has 0 aromatic heterocycles. The van der Waals surface area contributed by atoms with Crippen LogP contribution in [0.2, 0.25) is 0 Å². The van der Waals surface area contributed by atoms with Gasteiger partial charge in [0.1, 0.15) is 11.6 Å². The predicted octanol–water partition coefficient (Wildman–Crippen LogP) is 3.91. The van der Waals surface area contributed by atoms with Gasteiger partial charge in [0, 0.05) is 10.5 Å². The van der Waals surface area contributed by atoms with Crippen LogP contribution in [-0.2, 0) is 11.2 Å². The van der Waals surface area contributed by atoms with Gasteiger partial charge in [0.15, 0.2) is 0 Å². The predicted molar refractivity (Wildman–Crippen MR) is 72.8 cm³/mol. The highest BCUT2D eigenvalue weighted by molar-refractivity contribution is 9.10. The van der Waals surface area contributed by atoms with Gasteiger partial charge in [-0.3, -0.25) is 4.79 Å². The first-order chi connectivity index (χ1) is 9.06.